The normalized spacial score (nSPS) is 10.1. The first-order chi connectivity index (χ1) is 8.17. The molecule has 0 bridgehead atoms. The summed E-state index contributed by atoms with van der Waals surface area (Å²) in [5, 5.41) is 4.01. The zero-order valence-electron chi connectivity index (χ0n) is 9.08. The summed E-state index contributed by atoms with van der Waals surface area (Å²) >= 11 is 11.8. The van der Waals surface area contributed by atoms with Crippen molar-refractivity contribution in [1.82, 2.24) is 4.98 Å². The largest absolute Gasteiger partial charge is 0.457 e. The van der Waals surface area contributed by atoms with E-state index in [9.17, 15) is 0 Å². The van der Waals surface area contributed by atoms with Crippen molar-refractivity contribution in [2.75, 3.05) is 12.4 Å². The van der Waals surface area contributed by atoms with E-state index in [0.29, 0.717) is 21.5 Å². The van der Waals surface area contributed by atoms with Gasteiger partial charge in [-0.1, -0.05) is 23.2 Å². The highest BCUT2D eigenvalue weighted by Crippen LogP contribution is 2.28. The molecule has 0 aliphatic heterocycles. The van der Waals surface area contributed by atoms with Crippen molar-refractivity contribution in [3.8, 4) is 11.5 Å². The molecule has 1 aromatic heterocycles. The molecular formula is C12H10Cl2N2O. The van der Waals surface area contributed by atoms with Gasteiger partial charge in [-0.15, -0.1) is 0 Å². The van der Waals surface area contributed by atoms with E-state index in [-0.39, 0.29) is 0 Å². The maximum Gasteiger partial charge on any atom is 0.132 e. The molecule has 0 saturated carbocycles. The van der Waals surface area contributed by atoms with Crippen molar-refractivity contribution < 1.29 is 4.74 Å². The molecule has 0 radical (unpaired) electrons. The van der Waals surface area contributed by atoms with Crippen LogP contribution in [0.2, 0.25) is 10.0 Å². The van der Waals surface area contributed by atoms with Gasteiger partial charge >= 0.3 is 0 Å². The fourth-order valence-electron chi connectivity index (χ4n) is 1.33. The van der Waals surface area contributed by atoms with E-state index >= 15 is 0 Å². The van der Waals surface area contributed by atoms with Crippen LogP contribution in [0.25, 0.3) is 0 Å². The summed E-state index contributed by atoms with van der Waals surface area (Å²) in [6.45, 7) is 0. The number of aromatic nitrogens is 1. The number of nitrogens with one attached hydrogen (secondary N) is 1. The van der Waals surface area contributed by atoms with E-state index in [1.54, 1.807) is 43.6 Å². The lowest BCUT2D eigenvalue weighted by Crippen LogP contribution is -1.92. The third-order valence-corrected chi connectivity index (χ3v) is 2.50. The fraction of sp³-hybridized carbons (Fsp3) is 0.0833. The first-order valence-electron chi connectivity index (χ1n) is 4.95. The van der Waals surface area contributed by atoms with E-state index in [2.05, 4.69) is 10.3 Å². The molecule has 88 valence electrons. The lowest BCUT2D eigenvalue weighted by Gasteiger charge is -2.07. The molecule has 0 aliphatic rings. The Balaban J connectivity index is 2.24. The minimum atomic E-state index is 0.537. The minimum Gasteiger partial charge on any atom is -0.457 e. The van der Waals surface area contributed by atoms with Gasteiger partial charge in [-0.2, -0.15) is 0 Å². The molecular weight excluding hydrogens is 259 g/mol. The molecule has 0 amide bonds. The minimum absolute atomic E-state index is 0.537. The van der Waals surface area contributed by atoms with Crippen LogP contribution in [0.5, 0.6) is 11.5 Å². The summed E-state index contributed by atoms with van der Waals surface area (Å²) in [5.41, 5.74) is 0. The highest BCUT2D eigenvalue weighted by Gasteiger charge is 2.02. The van der Waals surface area contributed by atoms with Crippen LogP contribution in [0.4, 0.5) is 5.82 Å². The molecule has 0 unspecified atom stereocenters. The SMILES string of the molecule is CNc1cc(Oc2cc(Cl)cc(Cl)c2)ccn1. The fourth-order valence-corrected chi connectivity index (χ4v) is 1.84. The second-order valence-corrected chi connectivity index (χ2v) is 4.21. The molecule has 2 rings (SSSR count). The summed E-state index contributed by atoms with van der Waals surface area (Å²) in [6.07, 6.45) is 1.66. The Labute approximate surface area is 109 Å². The van der Waals surface area contributed by atoms with Crippen molar-refractivity contribution in [3.63, 3.8) is 0 Å². The second kappa shape index (κ2) is 5.25. The Morgan fingerprint density at radius 1 is 1.06 bits per heavy atom. The van der Waals surface area contributed by atoms with E-state index in [1.165, 1.54) is 0 Å². The molecule has 2 aromatic rings. The summed E-state index contributed by atoms with van der Waals surface area (Å²) in [5.74, 6) is 1.99. The standard InChI is InChI=1S/C12H10Cl2N2O/c1-15-12-7-10(2-3-16-12)17-11-5-8(13)4-9(14)6-11/h2-7H,1H3,(H,15,16). The van der Waals surface area contributed by atoms with Gasteiger partial charge in [0.05, 0.1) is 0 Å². The van der Waals surface area contributed by atoms with Crippen LogP contribution < -0.4 is 10.1 Å². The van der Waals surface area contributed by atoms with Gasteiger partial charge in [-0.3, -0.25) is 0 Å². The summed E-state index contributed by atoms with van der Waals surface area (Å²) in [6, 6.07) is 8.60. The lowest BCUT2D eigenvalue weighted by molar-refractivity contribution is 0.482. The second-order valence-electron chi connectivity index (χ2n) is 3.33. The van der Waals surface area contributed by atoms with Crippen molar-refractivity contribution in [3.05, 3.63) is 46.6 Å². The molecule has 17 heavy (non-hydrogen) atoms. The summed E-state index contributed by atoms with van der Waals surface area (Å²) < 4.78 is 5.63. The summed E-state index contributed by atoms with van der Waals surface area (Å²) in [4.78, 5) is 4.09. The highest BCUT2D eigenvalue weighted by molar-refractivity contribution is 6.34. The quantitative estimate of drug-likeness (QED) is 0.905. The van der Waals surface area contributed by atoms with Crippen molar-refractivity contribution in [1.29, 1.82) is 0 Å². The maximum atomic E-state index is 5.89. The van der Waals surface area contributed by atoms with Crippen molar-refractivity contribution in [2.24, 2.45) is 0 Å². The Bertz CT molecular complexity index is 511. The molecule has 1 heterocycles. The zero-order valence-corrected chi connectivity index (χ0v) is 10.6. The molecule has 1 aromatic carbocycles. The molecule has 1 N–H and O–H groups in total. The number of ether oxygens (including phenoxy) is 1. The van der Waals surface area contributed by atoms with Crippen LogP contribution in [0.15, 0.2) is 36.5 Å². The first-order valence-corrected chi connectivity index (χ1v) is 5.71. The van der Waals surface area contributed by atoms with Crippen LogP contribution in [0.1, 0.15) is 0 Å². The Morgan fingerprint density at radius 2 is 1.76 bits per heavy atom. The predicted molar refractivity (Wildman–Crippen MR) is 70.3 cm³/mol. The van der Waals surface area contributed by atoms with Crippen LogP contribution in [-0.2, 0) is 0 Å². The van der Waals surface area contributed by atoms with E-state index in [0.717, 1.165) is 5.82 Å². The van der Waals surface area contributed by atoms with Gasteiger partial charge < -0.3 is 10.1 Å². The number of halogens is 2. The van der Waals surface area contributed by atoms with E-state index in [4.69, 9.17) is 27.9 Å². The van der Waals surface area contributed by atoms with Crippen LogP contribution in [0.3, 0.4) is 0 Å². The molecule has 0 spiro atoms. The monoisotopic (exact) mass is 268 g/mol. The van der Waals surface area contributed by atoms with Gasteiger partial charge in [0, 0.05) is 29.4 Å². The van der Waals surface area contributed by atoms with Gasteiger partial charge in [0.1, 0.15) is 17.3 Å². The average molecular weight is 269 g/mol. The Kier molecular flexibility index (Phi) is 3.71. The molecule has 0 atom stereocenters. The number of pyridine rings is 1. The van der Waals surface area contributed by atoms with E-state index in [1.807, 2.05) is 0 Å². The molecule has 0 fully saturated rings. The average Bonchev–Trinajstić information content (AvgIpc) is 2.28. The number of hydrogen-bond donors (Lipinski definition) is 1. The molecule has 3 nitrogen and oxygen atoms in total. The first kappa shape index (κ1) is 12.0. The van der Waals surface area contributed by atoms with Gasteiger partial charge in [-0.05, 0) is 24.3 Å². The number of rotatable bonds is 3. The number of anilines is 1. The smallest absolute Gasteiger partial charge is 0.132 e. The third-order valence-electron chi connectivity index (χ3n) is 2.06. The van der Waals surface area contributed by atoms with Crippen LogP contribution >= 0.6 is 23.2 Å². The van der Waals surface area contributed by atoms with Crippen molar-refractivity contribution >= 4 is 29.0 Å². The topological polar surface area (TPSA) is 34.1 Å². The Morgan fingerprint density at radius 3 is 2.41 bits per heavy atom. The van der Waals surface area contributed by atoms with Gasteiger partial charge in [0.15, 0.2) is 0 Å². The number of nitrogens with zero attached hydrogens (tertiary/aromatic N) is 1. The van der Waals surface area contributed by atoms with E-state index < -0.39 is 0 Å². The number of hydrogen-bond acceptors (Lipinski definition) is 3. The Hall–Kier alpha value is -1.45. The number of benzene rings is 1. The van der Waals surface area contributed by atoms with Crippen LogP contribution in [-0.4, -0.2) is 12.0 Å². The lowest BCUT2D eigenvalue weighted by atomic mass is 10.3. The third kappa shape index (κ3) is 3.25. The van der Waals surface area contributed by atoms with Gasteiger partial charge in [-0.25, -0.2) is 4.98 Å². The molecule has 0 saturated heterocycles. The molecule has 0 aliphatic carbocycles. The van der Waals surface area contributed by atoms with Crippen molar-refractivity contribution in [2.45, 2.75) is 0 Å². The van der Waals surface area contributed by atoms with Crippen LogP contribution in [0, 0.1) is 0 Å². The molecule has 5 heteroatoms. The maximum absolute atomic E-state index is 5.89. The van der Waals surface area contributed by atoms with Gasteiger partial charge in [0.2, 0.25) is 0 Å². The zero-order chi connectivity index (χ0) is 12.3. The highest BCUT2D eigenvalue weighted by atomic mass is 35.5. The predicted octanol–water partition coefficient (Wildman–Crippen LogP) is 4.22. The van der Waals surface area contributed by atoms with Gasteiger partial charge in [0.25, 0.3) is 0 Å². The summed E-state index contributed by atoms with van der Waals surface area (Å²) in [7, 11) is 1.79.